The summed E-state index contributed by atoms with van der Waals surface area (Å²) in [6.45, 7) is 0.583. The van der Waals surface area contributed by atoms with Gasteiger partial charge in [0, 0.05) is 30.8 Å². The number of ether oxygens (including phenoxy) is 2. The van der Waals surface area contributed by atoms with Gasteiger partial charge in [0.25, 0.3) is 0 Å². The normalized spacial score (nSPS) is 18.9. The van der Waals surface area contributed by atoms with Gasteiger partial charge >= 0.3 is 5.97 Å². The third-order valence-electron chi connectivity index (χ3n) is 4.43. The van der Waals surface area contributed by atoms with Crippen molar-refractivity contribution in [1.82, 2.24) is 4.98 Å². The van der Waals surface area contributed by atoms with Gasteiger partial charge in [-0.05, 0) is 29.8 Å². The smallest absolute Gasteiger partial charge is 0.374 e. The zero-order valence-electron chi connectivity index (χ0n) is 14.2. The molecule has 1 saturated carbocycles. The number of rotatable bonds is 6. The molecule has 132 valence electrons. The van der Waals surface area contributed by atoms with Crippen LogP contribution < -0.4 is 0 Å². The Labute approximate surface area is 151 Å². The van der Waals surface area contributed by atoms with E-state index in [1.165, 1.54) is 0 Å². The first-order chi connectivity index (χ1) is 12.8. The van der Waals surface area contributed by atoms with Crippen LogP contribution in [0, 0.1) is 0 Å². The van der Waals surface area contributed by atoms with E-state index in [0.717, 1.165) is 24.0 Å². The molecule has 1 aromatic carbocycles. The van der Waals surface area contributed by atoms with Crippen LogP contribution in [0.5, 0.6) is 0 Å². The summed E-state index contributed by atoms with van der Waals surface area (Å²) in [6, 6.07) is 17.1. The molecular formula is C21H19NO4. The molecule has 2 heterocycles. The fraction of sp³-hybridized carbons (Fsp3) is 0.238. The van der Waals surface area contributed by atoms with Gasteiger partial charge in [-0.25, -0.2) is 4.79 Å². The Bertz CT molecular complexity index is 854. The van der Waals surface area contributed by atoms with Gasteiger partial charge in [-0.2, -0.15) is 0 Å². The summed E-state index contributed by atoms with van der Waals surface area (Å²) >= 11 is 0. The van der Waals surface area contributed by atoms with Gasteiger partial charge in [0.15, 0.2) is 0 Å². The zero-order chi connectivity index (χ0) is 17.8. The number of hydrogen-bond acceptors (Lipinski definition) is 5. The molecule has 0 radical (unpaired) electrons. The van der Waals surface area contributed by atoms with Crippen LogP contribution in [0.25, 0.3) is 11.3 Å². The van der Waals surface area contributed by atoms with Crippen LogP contribution in [0.2, 0.25) is 0 Å². The summed E-state index contributed by atoms with van der Waals surface area (Å²) < 4.78 is 16.9. The van der Waals surface area contributed by atoms with Crippen molar-refractivity contribution >= 4 is 5.97 Å². The lowest BCUT2D eigenvalue weighted by Gasteiger charge is -2.34. The molecule has 0 saturated heterocycles. The second-order valence-electron chi connectivity index (χ2n) is 6.32. The first-order valence-electron chi connectivity index (χ1n) is 8.64. The molecule has 3 aromatic rings. The zero-order valence-corrected chi connectivity index (χ0v) is 14.2. The molecule has 0 aliphatic heterocycles. The van der Waals surface area contributed by atoms with Gasteiger partial charge in [-0.15, -0.1) is 0 Å². The minimum Gasteiger partial charge on any atom is -0.456 e. The van der Waals surface area contributed by atoms with Crippen molar-refractivity contribution < 1.29 is 18.7 Å². The van der Waals surface area contributed by atoms with Gasteiger partial charge in [0.1, 0.15) is 11.9 Å². The molecule has 0 unspecified atom stereocenters. The Morgan fingerprint density at radius 1 is 1.00 bits per heavy atom. The van der Waals surface area contributed by atoms with Crippen molar-refractivity contribution in [1.29, 1.82) is 0 Å². The molecule has 1 fully saturated rings. The van der Waals surface area contributed by atoms with Crippen LogP contribution in [0.4, 0.5) is 0 Å². The fourth-order valence-corrected chi connectivity index (χ4v) is 2.87. The third kappa shape index (κ3) is 3.83. The van der Waals surface area contributed by atoms with Crippen LogP contribution >= 0.6 is 0 Å². The minimum atomic E-state index is -0.434. The van der Waals surface area contributed by atoms with Gasteiger partial charge < -0.3 is 13.9 Å². The van der Waals surface area contributed by atoms with Crippen molar-refractivity contribution in [3.63, 3.8) is 0 Å². The van der Waals surface area contributed by atoms with Crippen molar-refractivity contribution in [2.45, 2.75) is 31.7 Å². The molecule has 1 aliphatic rings. The Morgan fingerprint density at radius 2 is 1.77 bits per heavy atom. The number of nitrogens with zero attached hydrogens (tertiary/aromatic N) is 1. The second-order valence-corrected chi connectivity index (χ2v) is 6.32. The standard InChI is InChI=1S/C21H19NO4/c23-21(20-7-6-19(26-20)16-8-10-22-11-9-16)25-18-12-17(13-18)24-14-15-4-2-1-3-5-15/h1-11,17-18H,12-14H2. The van der Waals surface area contributed by atoms with E-state index in [0.29, 0.717) is 12.4 Å². The van der Waals surface area contributed by atoms with E-state index in [2.05, 4.69) is 4.98 Å². The lowest BCUT2D eigenvalue weighted by Crippen LogP contribution is -2.38. The van der Waals surface area contributed by atoms with Crippen LogP contribution in [0.15, 0.2) is 71.4 Å². The number of carbonyl (C=O) groups is 1. The highest BCUT2D eigenvalue weighted by atomic mass is 16.6. The number of pyridine rings is 1. The van der Waals surface area contributed by atoms with Crippen LogP contribution in [-0.2, 0) is 16.1 Å². The van der Waals surface area contributed by atoms with Gasteiger partial charge in [-0.1, -0.05) is 30.3 Å². The summed E-state index contributed by atoms with van der Waals surface area (Å²) in [5.41, 5.74) is 2.02. The fourth-order valence-electron chi connectivity index (χ4n) is 2.87. The lowest BCUT2D eigenvalue weighted by atomic mass is 9.92. The molecule has 4 rings (SSSR count). The van der Waals surface area contributed by atoms with E-state index >= 15 is 0 Å². The Morgan fingerprint density at radius 3 is 2.54 bits per heavy atom. The predicted octanol–water partition coefficient (Wildman–Crippen LogP) is 4.25. The number of esters is 1. The Balaban J connectivity index is 1.24. The summed E-state index contributed by atoms with van der Waals surface area (Å²) in [5, 5.41) is 0. The molecule has 5 heteroatoms. The quantitative estimate of drug-likeness (QED) is 0.623. The average Bonchev–Trinajstić information content (AvgIpc) is 3.15. The maximum atomic E-state index is 12.2. The monoisotopic (exact) mass is 349 g/mol. The number of furan rings is 1. The number of hydrogen-bond donors (Lipinski definition) is 0. The summed E-state index contributed by atoms with van der Waals surface area (Å²) in [4.78, 5) is 16.2. The topological polar surface area (TPSA) is 61.6 Å². The van der Waals surface area contributed by atoms with Crippen molar-refractivity contribution in [3.05, 3.63) is 78.3 Å². The summed E-state index contributed by atoms with van der Waals surface area (Å²) in [6.07, 6.45) is 4.82. The van der Waals surface area contributed by atoms with Crippen LogP contribution in [0.1, 0.15) is 29.0 Å². The Kier molecular flexibility index (Phi) is 4.80. The highest BCUT2D eigenvalue weighted by Gasteiger charge is 2.33. The molecule has 0 N–H and O–H groups in total. The van der Waals surface area contributed by atoms with Crippen molar-refractivity contribution in [3.8, 4) is 11.3 Å². The first kappa shape index (κ1) is 16.5. The van der Waals surface area contributed by atoms with Crippen LogP contribution in [-0.4, -0.2) is 23.2 Å². The maximum absolute atomic E-state index is 12.2. The van der Waals surface area contributed by atoms with E-state index in [-0.39, 0.29) is 18.0 Å². The van der Waals surface area contributed by atoms with E-state index in [1.807, 2.05) is 42.5 Å². The molecule has 0 spiro atoms. The molecular weight excluding hydrogens is 330 g/mol. The molecule has 0 bridgehead atoms. The van der Waals surface area contributed by atoms with Gasteiger partial charge in [-0.3, -0.25) is 4.98 Å². The van der Waals surface area contributed by atoms with Gasteiger partial charge in [0.05, 0.1) is 12.7 Å². The average molecular weight is 349 g/mol. The van der Waals surface area contributed by atoms with E-state index in [1.54, 1.807) is 24.5 Å². The van der Waals surface area contributed by atoms with E-state index in [4.69, 9.17) is 13.9 Å². The highest BCUT2D eigenvalue weighted by Crippen LogP contribution is 2.29. The van der Waals surface area contributed by atoms with Crippen molar-refractivity contribution in [2.75, 3.05) is 0 Å². The molecule has 1 aliphatic carbocycles. The largest absolute Gasteiger partial charge is 0.456 e. The molecule has 0 atom stereocenters. The molecule has 5 nitrogen and oxygen atoms in total. The summed E-state index contributed by atoms with van der Waals surface area (Å²) in [7, 11) is 0. The lowest BCUT2D eigenvalue weighted by molar-refractivity contribution is -0.0871. The van der Waals surface area contributed by atoms with Crippen LogP contribution in [0.3, 0.4) is 0 Å². The predicted molar refractivity (Wildman–Crippen MR) is 95.4 cm³/mol. The highest BCUT2D eigenvalue weighted by molar-refractivity contribution is 5.87. The first-order valence-corrected chi connectivity index (χ1v) is 8.64. The number of carbonyl (C=O) groups excluding carboxylic acids is 1. The maximum Gasteiger partial charge on any atom is 0.374 e. The third-order valence-corrected chi connectivity index (χ3v) is 4.43. The number of aromatic nitrogens is 1. The van der Waals surface area contributed by atoms with E-state index < -0.39 is 5.97 Å². The summed E-state index contributed by atoms with van der Waals surface area (Å²) in [5.74, 6) is 0.402. The number of benzene rings is 1. The molecule has 2 aromatic heterocycles. The van der Waals surface area contributed by atoms with Gasteiger partial charge in [0.2, 0.25) is 5.76 Å². The van der Waals surface area contributed by atoms with Crippen molar-refractivity contribution in [2.24, 2.45) is 0 Å². The minimum absolute atomic E-state index is 0.113. The Hall–Kier alpha value is -2.92. The SMILES string of the molecule is O=C(OC1CC(OCc2ccccc2)C1)c1ccc(-c2ccncc2)o1. The second kappa shape index (κ2) is 7.54. The van der Waals surface area contributed by atoms with E-state index in [9.17, 15) is 4.79 Å². The molecule has 0 amide bonds. The molecule has 26 heavy (non-hydrogen) atoms.